The van der Waals surface area contributed by atoms with Gasteiger partial charge in [-0.3, -0.25) is 4.79 Å². The SMILES string of the molecule is COc1cc2c(c(OC)c1OC)-c1ccc(OC)c(=O)cc1[C@H](OC(=O)c1cccc(CI)c1)CC2. The van der Waals surface area contributed by atoms with Gasteiger partial charge in [-0.1, -0.05) is 34.7 Å². The number of alkyl halides is 1. The smallest absolute Gasteiger partial charge is 0.338 e. The van der Waals surface area contributed by atoms with Crippen molar-refractivity contribution in [3.63, 3.8) is 0 Å². The Morgan fingerprint density at radius 3 is 2.33 bits per heavy atom. The van der Waals surface area contributed by atoms with E-state index < -0.39 is 12.1 Å². The van der Waals surface area contributed by atoms with Crippen LogP contribution in [0.25, 0.3) is 11.1 Å². The molecule has 0 saturated heterocycles. The third-order valence-corrected chi connectivity index (χ3v) is 7.11. The summed E-state index contributed by atoms with van der Waals surface area (Å²) in [7, 11) is 6.12. The highest BCUT2D eigenvalue weighted by atomic mass is 127. The Kier molecular flexibility index (Phi) is 8.03. The number of carbonyl (C=O) groups excluding carboxylic acids is 1. The molecule has 0 amide bonds. The molecule has 0 fully saturated rings. The van der Waals surface area contributed by atoms with Crippen LogP contribution in [0.3, 0.4) is 0 Å². The number of fused-ring (bicyclic) bond motifs is 3. The highest BCUT2D eigenvalue weighted by Gasteiger charge is 2.31. The molecule has 0 heterocycles. The van der Waals surface area contributed by atoms with Crippen LogP contribution in [0.4, 0.5) is 0 Å². The quantitative estimate of drug-likeness (QED) is 0.200. The fourth-order valence-electron chi connectivity index (χ4n) is 4.53. The van der Waals surface area contributed by atoms with E-state index in [0.29, 0.717) is 46.8 Å². The third-order valence-electron chi connectivity index (χ3n) is 6.23. The Morgan fingerprint density at radius 1 is 0.917 bits per heavy atom. The Morgan fingerprint density at radius 2 is 1.67 bits per heavy atom. The molecule has 8 heteroatoms. The van der Waals surface area contributed by atoms with Crippen molar-refractivity contribution in [2.24, 2.45) is 0 Å². The van der Waals surface area contributed by atoms with Crippen LogP contribution >= 0.6 is 22.6 Å². The topological polar surface area (TPSA) is 80.3 Å². The van der Waals surface area contributed by atoms with Crippen LogP contribution in [0.5, 0.6) is 23.0 Å². The first-order valence-electron chi connectivity index (χ1n) is 11.4. The number of aryl methyl sites for hydroxylation is 1. The molecule has 188 valence electrons. The number of hydrogen-bond donors (Lipinski definition) is 0. The summed E-state index contributed by atoms with van der Waals surface area (Å²) >= 11 is 2.25. The largest absolute Gasteiger partial charge is 0.493 e. The zero-order valence-corrected chi connectivity index (χ0v) is 22.7. The van der Waals surface area contributed by atoms with Crippen LogP contribution < -0.4 is 24.4 Å². The molecule has 4 rings (SSSR count). The number of benzene rings is 2. The van der Waals surface area contributed by atoms with Crippen molar-refractivity contribution >= 4 is 28.6 Å². The van der Waals surface area contributed by atoms with Crippen molar-refractivity contribution in [3.05, 3.63) is 81.0 Å². The van der Waals surface area contributed by atoms with Gasteiger partial charge in [0, 0.05) is 15.6 Å². The van der Waals surface area contributed by atoms with Crippen LogP contribution in [0, 0.1) is 0 Å². The van der Waals surface area contributed by atoms with E-state index in [9.17, 15) is 9.59 Å². The first-order valence-corrected chi connectivity index (χ1v) is 12.9. The molecule has 3 aromatic rings. The van der Waals surface area contributed by atoms with Gasteiger partial charge < -0.3 is 23.7 Å². The average Bonchev–Trinajstić information content (AvgIpc) is 3.15. The molecule has 7 nitrogen and oxygen atoms in total. The fourth-order valence-corrected chi connectivity index (χ4v) is 5.01. The predicted octanol–water partition coefficient (Wildman–Crippen LogP) is 5.53. The normalized spacial score (nSPS) is 14.1. The number of methoxy groups -OCH3 is 4. The second kappa shape index (κ2) is 11.2. The van der Waals surface area contributed by atoms with Gasteiger partial charge in [0.2, 0.25) is 11.2 Å². The van der Waals surface area contributed by atoms with Gasteiger partial charge in [0.15, 0.2) is 17.2 Å². The minimum atomic E-state index is -0.672. The number of carbonyl (C=O) groups is 1. The predicted molar refractivity (Wildman–Crippen MR) is 145 cm³/mol. The minimum Gasteiger partial charge on any atom is -0.493 e. The van der Waals surface area contributed by atoms with Gasteiger partial charge in [0.1, 0.15) is 6.10 Å². The van der Waals surface area contributed by atoms with Crippen molar-refractivity contribution in [2.45, 2.75) is 23.4 Å². The number of rotatable bonds is 7. The first-order chi connectivity index (χ1) is 17.4. The van der Waals surface area contributed by atoms with Gasteiger partial charge in [0.25, 0.3) is 0 Å². The molecule has 1 aliphatic carbocycles. The average molecular weight is 602 g/mol. The van der Waals surface area contributed by atoms with E-state index in [0.717, 1.165) is 21.1 Å². The summed E-state index contributed by atoms with van der Waals surface area (Å²) in [4.78, 5) is 26.2. The molecule has 0 aromatic heterocycles. The number of esters is 1. The van der Waals surface area contributed by atoms with Gasteiger partial charge in [-0.05, 0) is 65.9 Å². The third kappa shape index (κ3) is 4.86. The molecule has 0 aliphatic heterocycles. The number of ether oxygens (including phenoxy) is 5. The molecule has 0 N–H and O–H groups in total. The highest BCUT2D eigenvalue weighted by molar-refractivity contribution is 14.1. The van der Waals surface area contributed by atoms with E-state index in [2.05, 4.69) is 22.6 Å². The van der Waals surface area contributed by atoms with Crippen LogP contribution in [-0.4, -0.2) is 34.4 Å². The van der Waals surface area contributed by atoms with E-state index in [1.807, 2.05) is 24.3 Å². The second-order valence-corrected chi connectivity index (χ2v) is 8.99. The molecule has 1 aliphatic rings. The highest BCUT2D eigenvalue weighted by Crippen LogP contribution is 2.50. The van der Waals surface area contributed by atoms with E-state index in [1.54, 1.807) is 39.5 Å². The molecule has 36 heavy (non-hydrogen) atoms. The second-order valence-electron chi connectivity index (χ2n) is 8.23. The number of halogens is 1. The molecule has 0 radical (unpaired) electrons. The fraction of sp³-hybridized carbons (Fsp3) is 0.286. The lowest BCUT2D eigenvalue weighted by molar-refractivity contribution is 0.0280. The van der Waals surface area contributed by atoms with Crippen LogP contribution in [0.15, 0.2) is 53.3 Å². The maximum absolute atomic E-state index is 13.2. The van der Waals surface area contributed by atoms with E-state index >= 15 is 0 Å². The molecular formula is C28H27IO7. The Hall–Kier alpha value is -3.27. The lowest BCUT2D eigenvalue weighted by Crippen LogP contribution is -2.13. The molecule has 0 spiro atoms. The summed E-state index contributed by atoms with van der Waals surface area (Å²) < 4.78 is 29.1. The van der Waals surface area contributed by atoms with Gasteiger partial charge >= 0.3 is 5.97 Å². The molecular weight excluding hydrogens is 575 g/mol. The zero-order chi connectivity index (χ0) is 25.8. The summed E-state index contributed by atoms with van der Waals surface area (Å²) in [5, 5.41) is 0. The lowest BCUT2D eigenvalue weighted by Gasteiger charge is -2.19. The van der Waals surface area contributed by atoms with Gasteiger partial charge in [-0.15, -0.1) is 0 Å². The van der Waals surface area contributed by atoms with Crippen LogP contribution in [-0.2, 0) is 15.6 Å². The maximum Gasteiger partial charge on any atom is 0.338 e. The Labute approximate surface area is 223 Å². The molecule has 3 aromatic carbocycles. The first kappa shape index (κ1) is 25.8. The Bertz CT molecular complexity index is 1350. The lowest BCUT2D eigenvalue weighted by atomic mass is 9.96. The summed E-state index contributed by atoms with van der Waals surface area (Å²) in [6.45, 7) is 0. The van der Waals surface area contributed by atoms with E-state index in [4.69, 9.17) is 23.7 Å². The zero-order valence-electron chi connectivity index (χ0n) is 20.6. The van der Waals surface area contributed by atoms with E-state index in [1.165, 1.54) is 13.2 Å². The molecule has 1 atom stereocenters. The van der Waals surface area contributed by atoms with Crippen LogP contribution in [0.2, 0.25) is 0 Å². The summed E-state index contributed by atoms with van der Waals surface area (Å²) in [6.07, 6.45) is 0.346. The van der Waals surface area contributed by atoms with Gasteiger partial charge in [0.05, 0.1) is 34.0 Å². The standard InChI is InChI=1S/C28H27IO7/c1-32-23-11-9-19-20(14-21(23)30)22(36-28(31)18-7-5-6-16(12-18)15-29)10-8-17-13-24(33-2)26(34-3)27(35-4)25(17)19/h5-7,9,11-14,22H,8,10,15H2,1-4H3/t22-/m1/s1. The van der Waals surface area contributed by atoms with Crippen molar-refractivity contribution < 1.29 is 28.5 Å². The summed E-state index contributed by atoms with van der Waals surface area (Å²) in [5.41, 5.74) is 4.14. The van der Waals surface area contributed by atoms with Crippen molar-refractivity contribution in [1.29, 1.82) is 0 Å². The molecule has 0 saturated carbocycles. The monoisotopic (exact) mass is 602 g/mol. The Balaban J connectivity index is 1.91. The minimum absolute atomic E-state index is 0.184. The van der Waals surface area contributed by atoms with Crippen molar-refractivity contribution in [3.8, 4) is 34.1 Å². The maximum atomic E-state index is 13.2. The molecule has 0 bridgehead atoms. The van der Waals surface area contributed by atoms with Crippen molar-refractivity contribution in [2.75, 3.05) is 28.4 Å². The summed E-state index contributed by atoms with van der Waals surface area (Å²) in [5.74, 6) is 1.19. The van der Waals surface area contributed by atoms with Gasteiger partial charge in [-0.25, -0.2) is 4.79 Å². The number of hydrogen-bond acceptors (Lipinski definition) is 7. The van der Waals surface area contributed by atoms with Crippen molar-refractivity contribution in [1.82, 2.24) is 0 Å². The van der Waals surface area contributed by atoms with Gasteiger partial charge in [-0.2, -0.15) is 0 Å². The van der Waals surface area contributed by atoms with Crippen LogP contribution in [0.1, 0.15) is 39.6 Å². The van der Waals surface area contributed by atoms with E-state index in [-0.39, 0.29) is 11.2 Å². The summed E-state index contributed by atoms with van der Waals surface area (Å²) in [6, 6.07) is 14.2. The molecule has 0 unspecified atom stereocenters.